The molecule has 0 aromatic heterocycles. The first-order valence-corrected chi connectivity index (χ1v) is 9.92. The Morgan fingerprint density at radius 3 is 2.42 bits per heavy atom. The molecule has 1 aliphatic rings. The fourth-order valence-electron chi connectivity index (χ4n) is 3.34. The quantitative estimate of drug-likeness (QED) is 0.113. The van der Waals surface area contributed by atoms with Crippen LogP contribution in [0, 0.1) is 11.3 Å². The van der Waals surface area contributed by atoms with Gasteiger partial charge >= 0.3 is 6.09 Å². The van der Waals surface area contributed by atoms with E-state index < -0.39 is 60.5 Å². The van der Waals surface area contributed by atoms with Crippen LogP contribution in [0.15, 0.2) is 0 Å². The SMILES string of the molecule is CC(C)[C@H](NC(=O)O)C(=O)N1C[C@H](O)C[C@H]1C(=O)N[C@@H](CCCNC(=N)N)C(=O)CF. The van der Waals surface area contributed by atoms with E-state index in [-0.39, 0.29) is 31.9 Å². The molecule has 8 N–H and O–H groups in total. The second kappa shape index (κ2) is 12.0. The van der Waals surface area contributed by atoms with Crippen molar-refractivity contribution in [3.8, 4) is 0 Å². The van der Waals surface area contributed by atoms with Gasteiger partial charge in [-0.25, -0.2) is 9.18 Å². The molecule has 0 aromatic rings. The number of guanidine groups is 1. The van der Waals surface area contributed by atoms with Gasteiger partial charge in [-0.05, 0) is 18.8 Å². The van der Waals surface area contributed by atoms with E-state index in [0.717, 1.165) is 4.90 Å². The third-order valence-corrected chi connectivity index (χ3v) is 4.90. The number of halogens is 1. The number of ketones is 1. The molecule has 1 rings (SSSR count). The second-order valence-corrected chi connectivity index (χ2v) is 7.71. The average molecular weight is 446 g/mol. The molecular formula is C18H31FN6O6. The van der Waals surface area contributed by atoms with Gasteiger partial charge < -0.3 is 36.8 Å². The lowest BCUT2D eigenvalue weighted by molar-refractivity contribution is -0.141. The molecule has 0 unspecified atom stereocenters. The van der Waals surface area contributed by atoms with Gasteiger partial charge in [0.05, 0.1) is 12.1 Å². The fourth-order valence-corrected chi connectivity index (χ4v) is 3.34. The summed E-state index contributed by atoms with van der Waals surface area (Å²) in [5, 5.41) is 33.2. The highest BCUT2D eigenvalue weighted by atomic mass is 19.1. The summed E-state index contributed by atoms with van der Waals surface area (Å²) >= 11 is 0. The van der Waals surface area contributed by atoms with Gasteiger partial charge in [-0.3, -0.25) is 19.8 Å². The molecule has 1 heterocycles. The molecule has 0 radical (unpaired) electrons. The molecule has 4 atom stereocenters. The number of nitrogens with two attached hydrogens (primary N) is 1. The van der Waals surface area contributed by atoms with Crippen LogP contribution in [0.5, 0.6) is 0 Å². The standard InChI is InChI=1S/C18H31FN6O6/c1-9(2)14(24-18(30)31)16(29)25-8-10(26)6-12(25)15(28)23-11(13(27)7-19)4-3-5-22-17(20)21/h9-12,14,24,26H,3-8H2,1-2H3,(H,23,28)(H,30,31)(H4,20,21,22)/t10-,11+,12+,14+/m1/s1. The maximum absolute atomic E-state index is 12.9. The molecule has 0 aliphatic carbocycles. The first kappa shape index (κ1) is 26.1. The number of β-amino-alcohol motifs (C(OH)–C–C–N with tert-alkyl or cyclic N) is 1. The molecule has 12 nitrogen and oxygen atoms in total. The maximum atomic E-state index is 12.9. The van der Waals surface area contributed by atoms with Crippen LogP contribution < -0.4 is 21.7 Å². The topological polar surface area (TPSA) is 198 Å². The number of rotatable bonds is 11. The number of carbonyl (C=O) groups is 4. The number of amides is 3. The summed E-state index contributed by atoms with van der Waals surface area (Å²) in [6.07, 6.45) is -2.12. The molecule has 31 heavy (non-hydrogen) atoms. The lowest BCUT2D eigenvalue weighted by atomic mass is 10.0. The third-order valence-electron chi connectivity index (χ3n) is 4.90. The van der Waals surface area contributed by atoms with Crippen molar-refractivity contribution >= 4 is 29.7 Å². The normalized spacial score (nSPS) is 20.1. The largest absolute Gasteiger partial charge is 0.465 e. The third kappa shape index (κ3) is 8.00. The molecule has 0 saturated carbocycles. The first-order valence-electron chi connectivity index (χ1n) is 9.92. The monoisotopic (exact) mass is 446 g/mol. The molecule has 176 valence electrons. The van der Waals surface area contributed by atoms with Gasteiger partial charge in [0.1, 0.15) is 18.8 Å². The minimum atomic E-state index is -1.40. The second-order valence-electron chi connectivity index (χ2n) is 7.71. The van der Waals surface area contributed by atoms with Gasteiger partial charge in [-0.1, -0.05) is 13.8 Å². The molecule has 0 bridgehead atoms. The van der Waals surface area contributed by atoms with Crippen LogP contribution in [0.4, 0.5) is 9.18 Å². The molecule has 0 spiro atoms. The Morgan fingerprint density at radius 1 is 1.26 bits per heavy atom. The maximum Gasteiger partial charge on any atom is 0.405 e. The van der Waals surface area contributed by atoms with Crippen molar-refractivity contribution in [3.63, 3.8) is 0 Å². The van der Waals surface area contributed by atoms with Gasteiger partial charge in [0.25, 0.3) is 0 Å². The predicted molar refractivity (Wildman–Crippen MR) is 108 cm³/mol. The predicted octanol–water partition coefficient (Wildman–Crippen LogP) is -1.47. The van der Waals surface area contributed by atoms with E-state index in [1.54, 1.807) is 13.8 Å². The zero-order valence-electron chi connectivity index (χ0n) is 17.6. The number of nitrogens with zero attached hydrogens (tertiary/aromatic N) is 1. The Hall–Kier alpha value is -2.96. The van der Waals surface area contributed by atoms with Gasteiger partial charge in [0, 0.05) is 19.5 Å². The zero-order valence-corrected chi connectivity index (χ0v) is 17.6. The lowest BCUT2D eigenvalue weighted by Crippen LogP contribution is -2.56. The van der Waals surface area contributed by atoms with Crippen molar-refractivity contribution in [2.75, 3.05) is 19.8 Å². The number of aliphatic hydroxyl groups excluding tert-OH is 1. The molecule has 1 fully saturated rings. The van der Waals surface area contributed by atoms with E-state index >= 15 is 0 Å². The minimum absolute atomic E-state index is 0.0766. The summed E-state index contributed by atoms with van der Waals surface area (Å²) in [4.78, 5) is 49.7. The number of hydrogen-bond donors (Lipinski definition) is 7. The van der Waals surface area contributed by atoms with Gasteiger partial charge in [0.15, 0.2) is 11.7 Å². The van der Waals surface area contributed by atoms with E-state index in [1.165, 1.54) is 0 Å². The Balaban J connectivity index is 2.90. The highest BCUT2D eigenvalue weighted by molar-refractivity contribution is 5.95. The van der Waals surface area contributed by atoms with Crippen LogP contribution in [-0.4, -0.2) is 88.8 Å². The molecule has 0 aromatic carbocycles. The highest BCUT2D eigenvalue weighted by Crippen LogP contribution is 2.21. The summed E-state index contributed by atoms with van der Waals surface area (Å²) in [6, 6.07) is -3.41. The Kier molecular flexibility index (Phi) is 10.1. The number of nitrogens with one attached hydrogen (secondary N) is 4. The van der Waals surface area contributed by atoms with E-state index in [2.05, 4.69) is 16.0 Å². The Morgan fingerprint density at radius 2 is 1.90 bits per heavy atom. The molecule has 3 amide bonds. The number of Topliss-reactive ketones (excluding diaryl/α,β-unsaturated/α-hetero) is 1. The highest BCUT2D eigenvalue weighted by Gasteiger charge is 2.42. The van der Waals surface area contributed by atoms with E-state index in [0.29, 0.717) is 6.42 Å². The van der Waals surface area contributed by atoms with Crippen LogP contribution >= 0.6 is 0 Å². The Bertz CT molecular complexity index is 690. The van der Waals surface area contributed by atoms with Crippen LogP contribution in [0.1, 0.15) is 33.1 Å². The zero-order chi connectivity index (χ0) is 23.7. The van der Waals surface area contributed by atoms with Crippen LogP contribution in [0.3, 0.4) is 0 Å². The first-order chi connectivity index (χ1) is 14.5. The van der Waals surface area contributed by atoms with Crippen molar-refractivity contribution < 1.29 is 33.8 Å². The van der Waals surface area contributed by atoms with Gasteiger partial charge in [0.2, 0.25) is 11.8 Å². The average Bonchev–Trinajstić information content (AvgIpc) is 3.08. The lowest BCUT2D eigenvalue weighted by Gasteiger charge is -2.30. The summed E-state index contributed by atoms with van der Waals surface area (Å²) in [5.74, 6) is -2.94. The van der Waals surface area contributed by atoms with Crippen molar-refractivity contribution in [1.82, 2.24) is 20.9 Å². The van der Waals surface area contributed by atoms with Gasteiger partial charge in [-0.15, -0.1) is 0 Å². The van der Waals surface area contributed by atoms with Crippen molar-refractivity contribution in [2.45, 2.75) is 57.3 Å². The van der Waals surface area contributed by atoms with Crippen molar-refractivity contribution in [1.29, 1.82) is 5.41 Å². The van der Waals surface area contributed by atoms with E-state index in [9.17, 15) is 28.7 Å². The number of likely N-dealkylation sites (tertiary alicyclic amines) is 1. The van der Waals surface area contributed by atoms with Gasteiger partial charge in [-0.2, -0.15) is 0 Å². The summed E-state index contributed by atoms with van der Waals surface area (Å²) in [5.41, 5.74) is 5.16. The van der Waals surface area contributed by atoms with Crippen molar-refractivity contribution in [2.24, 2.45) is 11.7 Å². The molecule has 13 heteroatoms. The summed E-state index contributed by atoms with van der Waals surface area (Å²) in [6.45, 7) is 2.03. The number of aliphatic hydroxyl groups is 1. The number of carboxylic acid groups (broad SMARTS) is 1. The van der Waals surface area contributed by atoms with Crippen molar-refractivity contribution in [3.05, 3.63) is 0 Å². The van der Waals surface area contributed by atoms with Crippen LogP contribution in [0.25, 0.3) is 0 Å². The van der Waals surface area contributed by atoms with E-state index in [4.69, 9.17) is 16.2 Å². The summed E-state index contributed by atoms with van der Waals surface area (Å²) < 4.78 is 12.9. The smallest absolute Gasteiger partial charge is 0.405 e. The minimum Gasteiger partial charge on any atom is -0.465 e. The number of alkyl halides is 1. The van der Waals surface area contributed by atoms with Crippen LogP contribution in [0.2, 0.25) is 0 Å². The molecule has 1 saturated heterocycles. The fraction of sp³-hybridized carbons (Fsp3) is 0.722. The number of hydrogen-bond acceptors (Lipinski definition) is 6. The Labute approximate surface area is 179 Å². The molecular weight excluding hydrogens is 415 g/mol. The van der Waals surface area contributed by atoms with E-state index in [1.807, 2.05) is 0 Å². The number of carbonyl (C=O) groups excluding carboxylic acids is 3. The van der Waals surface area contributed by atoms with Crippen LogP contribution in [-0.2, 0) is 14.4 Å². The summed E-state index contributed by atoms with van der Waals surface area (Å²) in [7, 11) is 0. The molecule has 1 aliphatic heterocycles.